The van der Waals surface area contributed by atoms with E-state index in [1.165, 1.54) is 24.9 Å². The predicted molar refractivity (Wildman–Crippen MR) is 144 cm³/mol. The Bertz CT molecular complexity index is 1350. The van der Waals surface area contributed by atoms with Crippen LogP contribution < -0.4 is 14.8 Å². The van der Waals surface area contributed by atoms with Crippen LogP contribution in [-0.4, -0.2) is 42.1 Å². The number of esters is 2. The lowest BCUT2D eigenvalue weighted by molar-refractivity contribution is -0.152. The number of carbonyl (C=O) groups excluding carboxylic acids is 3. The van der Waals surface area contributed by atoms with Gasteiger partial charge < -0.3 is 19.5 Å². The van der Waals surface area contributed by atoms with Gasteiger partial charge in [-0.25, -0.2) is 9.78 Å². The summed E-state index contributed by atoms with van der Waals surface area (Å²) in [4.78, 5) is 42.9. The molecule has 39 heavy (non-hydrogen) atoms. The van der Waals surface area contributed by atoms with Crippen LogP contribution in [0.4, 0.5) is 0 Å². The molecule has 0 radical (unpaired) electrons. The van der Waals surface area contributed by atoms with E-state index in [0.29, 0.717) is 6.42 Å². The summed E-state index contributed by atoms with van der Waals surface area (Å²) in [5.74, 6) is -1.78. The second-order valence-corrected chi connectivity index (χ2v) is 10.0. The van der Waals surface area contributed by atoms with Crippen LogP contribution in [-0.2, 0) is 20.7 Å². The number of aryl methyl sites for hydroxylation is 1. The van der Waals surface area contributed by atoms with Gasteiger partial charge in [0, 0.05) is 18.2 Å². The molecule has 2 unspecified atom stereocenters. The van der Waals surface area contributed by atoms with Crippen molar-refractivity contribution in [3.05, 3.63) is 89.2 Å². The molecular weight excluding hydrogens is 496 g/mol. The molecule has 3 aromatic rings. The molecule has 1 fully saturated rings. The number of nitrogens with zero attached hydrogens (tertiary/aromatic N) is 1. The Hall–Kier alpha value is -4.20. The molecule has 1 heterocycles. The second-order valence-electron chi connectivity index (χ2n) is 10.0. The van der Waals surface area contributed by atoms with Crippen LogP contribution in [0.15, 0.2) is 66.9 Å². The number of nitrogens with one attached hydrogen (secondary N) is 1. The summed E-state index contributed by atoms with van der Waals surface area (Å²) in [6, 6.07) is 18.9. The minimum atomic E-state index is -0.965. The maximum Gasteiger partial charge on any atom is 0.328 e. The van der Waals surface area contributed by atoms with Crippen molar-refractivity contribution < 1.29 is 28.6 Å². The summed E-state index contributed by atoms with van der Waals surface area (Å²) in [6.07, 6.45) is 4.97. The molecule has 1 saturated carbocycles. The number of aromatic nitrogens is 1. The smallest absolute Gasteiger partial charge is 0.328 e. The molecule has 2 aliphatic carbocycles. The van der Waals surface area contributed by atoms with Crippen molar-refractivity contribution in [2.75, 3.05) is 7.11 Å². The number of fused-ring (bicyclic) bond motifs is 1. The molecule has 0 aliphatic heterocycles. The zero-order chi connectivity index (χ0) is 27.4. The van der Waals surface area contributed by atoms with E-state index in [9.17, 15) is 14.4 Å². The lowest BCUT2D eigenvalue weighted by Crippen LogP contribution is -2.42. The standard InChI is InChI=1S/C31H32N2O6/c1-19(33-29(34)27-28(25(37-2)17-18-32-27)39-31(36)22-15-16-22)30(35)38-24-14-8-12-20-9-6-7-13-23(20)26(24)21-10-4-3-5-11-21/h3-7,9-11,13,17-19,22,24,26H,8,12,14-16H2,1-2H3,(H,33,34)/t19-,24?,26?/m0/s1. The van der Waals surface area contributed by atoms with Crippen molar-refractivity contribution in [3.63, 3.8) is 0 Å². The molecule has 1 amide bonds. The van der Waals surface area contributed by atoms with Gasteiger partial charge in [0.15, 0.2) is 11.4 Å². The third kappa shape index (κ3) is 5.95. The van der Waals surface area contributed by atoms with Gasteiger partial charge in [-0.1, -0.05) is 54.6 Å². The van der Waals surface area contributed by atoms with Crippen LogP contribution in [0.1, 0.15) is 65.7 Å². The Kier molecular flexibility index (Phi) is 7.91. The lowest BCUT2D eigenvalue weighted by Gasteiger charge is -2.28. The first-order chi connectivity index (χ1) is 19.0. The molecular formula is C31H32N2O6. The number of hydrogen-bond donors (Lipinski definition) is 1. The first-order valence-electron chi connectivity index (χ1n) is 13.3. The molecule has 0 saturated heterocycles. The maximum absolute atomic E-state index is 13.3. The predicted octanol–water partition coefficient (Wildman–Crippen LogP) is 4.60. The molecule has 3 atom stereocenters. The quantitative estimate of drug-likeness (QED) is 0.337. The van der Waals surface area contributed by atoms with Crippen LogP contribution in [0, 0.1) is 5.92 Å². The van der Waals surface area contributed by atoms with Crippen LogP contribution in [0.2, 0.25) is 0 Å². The van der Waals surface area contributed by atoms with Crippen molar-refractivity contribution in [1.82, 2.24) is 10.3 Å². The summed E-state index contributed by atoms with van der Waals surface area (Å²) in [5, 5.41) is 2.66. The lowest BCUT2D eigenvalue weighted by atomic mass is 9.84. The molecule has 0 bridgehead atoms. The minimum absolute atomic E-state index is 0.0560. The van der Waals surface area contributed by atoms with Crippen LogP contribution in [0.5, 0.6) is 11.5 Å². The van der Waals surface area contributed by atoms with Crippen LogP contribution in [0.25, 0.3) is 0 Å². The van der Waals surface area contributed by atoms with Gasteiger partial charge in [0.25, 0.3) is 5.91 Å². The van der Waals surface area contributed by atoms with E-state index in [1.54, 1.807) is 6.92 Å². The Morgan fingerprint density at radius 1 is 0.974 bits per heavy atom. The normalized spacial score (nSPS) is 19.1. The number of benzene rings is 2. The molecule has 202 valence electrons. The number of amides is 1. The Morgan fingerprint density at radius 3 is 2.46 bits per heavy atom. The molecule has 1 aromatic heterocycles. The van der Waals surface area contributed by atoms with Crippen molar-refractivity contribution in [3.8, 4) is 11.5 Å². The van der Waals surface area contributed by atoms with E-state index in [1.807, 2.05) is 30.3 Å². The highest BCUT2D eigenvalue weighted by atomic mass is 16.6. The molecule has 0 spiro atoms. The molecule has 8 heteroatoms. The van der Waals surface area contributed by atoms with Crippen molar-refractivity contribution in [2.24, 2.45) is 5.92 Å². The summed E-state index contributed by atoms with van der Waals surface area (Å²) < 4.78 is 16.9. The third-order valence-corrected chi connectivity index (χ3v) is 7.24. The van der Waals surface area contributed by atoms with E-state index in [4.69, 9.17) is 14.2 Å². The molecule has 8 nitrogen and oxygen atoms in total. The molecule has 2 aliphatic rings. The van der Waals surface area contributed by atoms with Crippen molar-refractivity contribution >= 4 is 17.8 Å². The third-order valence-electron chi connectivity index (χ3n) is 7.24. The summed E-state index contributed by atoms with van der Waals surface area (Å²) >= 11 is 0. The van der Waals surface area contributed by atoms with Crippen molar-refractivity contribution in [1.29, 1.82) is 0 Å². The summed E-state index contributed by atoms with van der Waals surface area (Å²) in [6.45, 7) is 1.57. The number of carbonyl (C=O) groups is 3. The highest BCUT2D eigenvalue weighted by Crippen LogP contribution is 2.38. The molecule has 5 rings (SSSR count). The van der Waals surface area contributed by atoms with Crippen LogP contribution in [0.3, 0.4) is 0 Å². The number of hydrogen-bond acceptors (Lipinski definition) is 7. The SMILES string of the molecule is COc1ccnc(C(=O)N[C@@H](C)C(=O)OC2CCCc3ccccc3C2c2ccccc2)c1OC(=O)C1CC1. The first kappa shape index (κ1) is 26.4. The Labute approximate surface area is 227 Å². The second kappa shape index (κ2) is 11.7. The van der Waals surface area contributed by atoms with Gasteiger partial charge in [0.2, 0.25) is 5.75 Å². The number of methoxy groups -OCH3 is 1. The average Bonchev–Trinajstić information content (AvgIpc) is 3.81. The number of rotatable bonds is 8. The highest BCUT2D eigenvalue weighted by Gasteiger charge is 2.35. The van der Waals surface area contributed by atoms with E-state index >= 15 is 0 Å². The van der Waals surface area contributed by atoms with E-state index in [2.05, 4.69) is 34.6 Å². The van der Waals surface area contributed by atoms with Gasteiger partial charge in [-0.05, 0) is 55.7 Å². The monoisotopic (exact) mass is 528 g/mol. The Morgan fingerprint density at radius 2 is 1.72 bits per heavy atom. The molecule has 2 aromatic carbocycles. The Balaban J connectivity index is 1.33. The van der Waals surface area contributed by atoms with Gasteiger partial charge in [-0.2, -0.15) is 0 Å². The summed E-state index contributed by atoms with van der Waals surface area (Å²) in [5.41, 5.74) is 3.35. The largest absolute Gasteiger partial charge is 0.493 e. The maximum atomic E-state index is 13.3. The minimum Gasteiger partial charge on any atom is -0.493 e. The first-order valence-corrected chi connectivity index (χ1v) is 13.3. The average molecular weight is 529 g/mol. The summed E-state index contributed by atoms with van der Waals surface area (Å²) in [7, 11) is 1.42. The van der Waals surface area contributed by atoms with Gasteiger partial charge in [0.05, 0.1) is 13.0 Å². The van der Waals surface area contributed by atoms with Gasteiger partial charge in [-0.15, -0.1) is 0 Å². The zero-order valence-electron chi connectivity index (χ0n) is 22.1. The fourth-order valence-electron chi connectivity index (χ4n) is 5.04. The van der Waals surface area contributed by atoms with E-state index in [0.717, 1.165) is 36.8 Å². The van der Waals surface area contributed by atoms with Crippen LogP contribution >= 0.6 is 0 Å². The zero-order valence-corrected chi connectivity index (χ0v) is 22.1. The van der Waals surface area contributed by atoms with E-state index in [-0.39, 0.29) is 29.0 Å². The fourth-order valence-corrected chi connectivity index (χ4v) is 5.04. The van der Waals surface area contributed by atoms with Crippen molar-refractivity contribution in [2.45, 2.75) is 57.1 Å². The number of ether oxygens (including phenoxy) is 3. The molecule has 1 N–H and O–H groups in total. The van der Waals surface area contributed by atoms with Gasteiger partial charge in [-0.3, -0.25) is 9.59 Å². The van der Waals surface area contributed by atoms with Gasteiger partial charge >= 0.3 is 11.9 Å². The highest BCUT2D eigenvalue weighted by molar-refractivity contribution is 5.98. The number of pyridine rings is 1. The van der Waals surface area contributed by atoms with Gasteiger partial charge in [0.1, 0.15) is 12.1 Å². The fraction of sp³-hybridized carbons (Fsp3) is 0.355. The van der Waals surface area contributed by atoms with E-state index < -0.39 is 30.0 Å². The topological polar surface area (TPSA) is 104 Å².